The zero-order valence-electron chi connectivity index (χ0n) is 21.6. The third-order valence-corrected chi connectivity index (χ3v) is 8.80. The number of nitrogens with one attached hydrogen (secondary N) is 1. The molecule has 1 aromatic heterocycles. The van der Waals surface area contributed by atoms with Crippen LogP contribution >= 0.6 is 23.4 Å². The van der Waals surface area contributed by atoms with E-state index in [-0.39, 0.29) is 5.91 Å². The molecule has 1 amide bonds. The predicted molar refractivity (Wildman–Crippen MR) is 155 cm³/mol. The van der Waals surface area contributed by atoms with Gasteiger partial charge >= 0.3 is 0 Å². The van der Waals surface area contributed by atoms with E-state index >= 15 is 0 Å². The quantitative estimate of drug-likeness (QED) is 0.507. The van der Waals surface area contributed by atoms with Crippen LogP contribution in [0.4, 0.5) is 23.1 Å². The molecule has 10 heteroatoms. The second kappa shape index (κ2) is 11.0. The zero-order valence-corrected chi connectivity index (χ0v) is 23.1. The molecule has 0 atom stereocenters. The summed E-state index contributed by atoms with van der Waals surface area (Å²) in [6, 6.07) is 15.8. The highest BCUT2D eigenvalue weighted by Gasteiger charge is 2.26. The van der Waals surface area contributed by atoms with E-state index in [2.05, 4.69) is 39.2 Å². The number of carbonyl (C=O) groups is 1. The van der Waals surface area contributed by atoms with Crippen molar-refractivity contribution >= 4 is 52.4 Å². The van der Waals surface area contributed by atoms with Gasteiger partial charge in [0.2, 0.25) is 5.95 Å². The Morgan fingerprint density at radius 1 is 0.921 bits per heavy atom. The van der Waals surface area contributed by atoms with Crippen molar-refractivity contribution < 1.29 is 4.79 Å². The number of hydrogen-bond acceptors (Lipinski definition) is 8. The summed E-state index contributed by atoms with van der Waals surface area (Å²) in [6.45, 7) is 6.84. The van der Waals surface area contributed by atoms with Crippen molar-refractivity contribution in [2.24, 2.45) is 0 Å². The number of hydrogen-bond donors (Lipinski definition) is 1. The Balaban J connectivity index is 1.18. The number of carbonyl (C=O) groups excluding carboxylic acids is 1. The lowest BCUT2D eigenvalue weighted by Gasteiger charge is -2.36. The molecule has 3 aromatic rings. The Morgan fingerprint density at radius 3 is 2.42 bits per heavy atom. The van der Waals surface area contributed by atoms with Gasteiger partial charge < -0.3 is 24.9 Å². The van der Waals surface area contributed by atoms with Crippen molar-refractivity contribution in [2.75, 3.05) is 80.3 Å². The Bertz CT molecular complexity index is 1310. The van der Waals surface area contributed by atoms with Crippen LogP contribution in [0.25, 0.3) is 0 Å². The largest absolute Gasteiger partial charge is 0.368 e. The summed E-state index contributed by atoms with van der Waals surface area (Å²) < 4.78 is 0. The maximum absolute atomic E-state index is 13.1. The second-order valence-corrected chi connectivity index (χ2v) is 11.5. The Kier molecular flexibility index (Phi) is 7.32. The van der Waals surface area contributed by atoms with Crippen LogP contribution in [0.5, 0.6) is 0 Å². The van der Waals surface area contributed by atoms with E-state index in [1.165, 1.54) is 5.69 Å². The van der Waals surface area contributed by atoms with E-state index in [1.54, 1.807) is 11.8 Å². The smallest absolute Gasteiger partial charge is 0.254 e. The summed E-state index contributed by atoms with van der Waals surface area (Å²) in [7, 11) is 2.10. The van der Waals surface area contributed by atoms with Crippen LogP contribution in [0, 0.1) is 0 Å². The van der Waals surface area contributed by atoms with Crippen LogP contribution in [0.2, 0.25) is 5.02 Å². The second-order valence-electron chi connectivity index (χ2n) is 10.00. The number of fused-ring (bicyclic) bond motifs is 1. The van der Waals surface area contributed by atoms with Gasteiger partial charge in [-0.25, -0.2) is 4.98 Å². The highest BCUT2D eigenvalue weighted by Crippen LogP contribution is 2.38. The van der Waals surface area contributed by atoms with Gasteiger partial charge in [0.05, 0.1) is 10.6 Å². The lowest BCUT2D eigenvalue weighted by Crippen LogP contribution is -2.47. The van der Waals surface area contributed by atoms with Gasteiger partial charge in [0.25, 0.3) is 5.91 Å². The van der Waals surface area contributed by atoms with Crippen LogP contribution in [0.1, 0.15) is 16.1 Å². The molecule has 38 heavy (non-hydrogen) atoms. The third kappa shape index (κ3) is 5.41. The molecule has 1 N–H and O–H groups in total. The highest BCUT2D eigenvalue weighted by molar-refractivity contribution is 7.99. The normalized spacial score (nSPS) is 18.0. The number of benzene rings is 2. The number of aromatic nitrogens is 2. The predicted octanol–water partition coefficient (Wildman–Crippen LogP) is 4.24. The summed E-state index contributed by atoms with van der Waals surface area (Å²) in [5.74, 6) is 2.70. The Morgan fingerprint density at radius 2 is 1.66 bits per heavy atom. The number of rotatable bonds is 5. The lowest BCUT2D eigenvalue weighted by molar-refractivity contribution is 0.0664. The van der Waals surface area contributed by atoms with Gasteiger partial charge in [-0.05, 0) is 49.5 Å². The SMILES string of the molecule is CN1CCN(C(=O)c2cccc(Nc3nc(N4CCN(c5ccc(Cl)cc5)CC4)nc4c3SCC4)c2)CC1. The molecule has 0 unspecified atom stereocenters. The van der Waals surface area contributed by atoms with Gasteiger partial charge in [0, 0.05) is 86.5 Å². The summed E-state index contributed by atoms with van der Waals surface area (Å²) in [5.41, 5.74) is 3.87. The number of aryl methyl sites for hydroxylation is 1. The number of likely N-dealkylation sites (N-methyl/N-ethyl adjacent to an activating group) is 1. The summed E-state index contributed by atoms with van der Waals surface area (Å²) >= 11 is 7.86. The van der Waals surface area contributed by atoms with Gasteiger partial charge in [0.1, 0.15) is 5.82 Å². The van der Waals surface area contributed by atoms with E-state index in [4.69, 9.17) is 21.6 Å². The first-order valence-electron chi connectivity index (χ1n) is 13.2. The molecule has 8 nitrogen and oxygen atoms in total. The summed E-state index contributed by atoms with van der Waals surface area (Å²) in [6.07, 6.45) is 0.941. The molecule has 0 aliphatic carbocycles. The van der Waals surface area contributed by atoms with Crippen LogP contribution in [-0.2, 0) is 6.42 Å². The summed E-state index contributed by atoms with van der Waals surface area (Å²) in [5, 5.41) is 4.28. The molecule has 0 bridgehead atoms. The monoisotopic (exact) mass is 549 g/mol. The highest BCUT2D eigenvalue weighted by atomic mass is 35.5. The first-order valence-corrected chi connectivity index (χ1v) is 14.5. The molecule has 6 rings (SSSR count). The van der Waals surface area contributed by atoms with E-state index in [0.29, 0.717) is 5.56 Å². The first-order chi connectivity index (χ1) is 18.5. The fourth-order valence-corrected chi connectivity index (χ4v) is 6.33. The number of nitrogens with zero attached hydrogens (tertiary/aromatic N) is 6. The van der Waals surface area contributed by atoms with Crippen molar-refractivity contribution in [3.63, 3.8) is 0 Å². The molecular weight excluding hydrogens is 518 g/mol. The topological polar surface area (TPSA) is 67.8 Å². The Labute approximate surface area is 233 Å². The maximum Gasteiger partial charge on any atom is 0.254 e. The molecule has 0 saturated carbocycles. The Hall–Kier alpha value is -3.01. The van der Waals surface area contributed by atoms with Gasteiger partial charge in [-0.1, -0.05) is 17.7 Å². The fourth-order valence-electron chi connectivity index (χ4n) is 5.16. The van der Waals surface area contributed by atoms with Crippen molar-refractivity contribution in [3.05, 3.63) is 64.8 Å². The fraction of sp³-hybridized carbons (Fsp3) is 0.393. The minimum atomic E-state index is 0.0864. The minimum absolute atomic E-state index is 0.0864. The first kappa shape index (κ1) is 25.3. The molecule has 2 aromatic carbocycles. The molecule has 0 spiro atoms. The molecule has 2 fully saturated rings. The van der Waals surface area contributed by atoms with Gasteiger partial charge in [0.15, 0.2) is 0 Å². The average molecular weight is 550 g/mol. The number of piperazine rings is 2. The molecular formula is C28H32ClN7OS. The standard InChI is InChI=1S/C28H32ClN7OS/c1-33-10-12-35(13-11-33)27(37)20-3-2-4-22(19-20)30-26-25-24(9-18-38-25)31-28(32-26)36-16-14-34(15-17-36)23-7-5-21(29)6-8-23/h2-8,19H,9-18H2,1H3,(H,30,31,32). The number of anilines is 4. The van der Waals surface area contributed by atoms with Crippen LogP contribution in [-0.4, -0.2) is 90.8 Å². The van der Waals surface area contributed by atoms with Crippen LogP contribution in [0.3, 0.4) is 0 Å². The van der Waals surface area contributed by atoms with Crippen LogP contribution < -0.4 is 15.1 Å². The molecule has 3 aliphatic heterocycles. The van der Waals surface area contributed by atoms with Crippen molar-refractivity contribution in [2.45, 2.75) is 11.3 Å². The molecule has 198 valence electrons. The van der Waals surface area contributed by atoms with E-state index in [1.807, 2.05) is 41.3 Å². The van der Waals surface area contributed by atoms with E-state index < -0.39 is 0 Å². The summed E-state index contributed by atoms with van der Waals surface area (Å²) in [4.78, 5) is 33.0. The molecule has 4 heterocycles. The van der Waals surface area contributed by atoms with Gasteiger partial charge in [-0.15, -0.1) is 11.8 Å². The van der Waals surface area contributed by atoms with Gasteiger partial charge in [-0.2, -0.15) is 4.98 Å². The molecule has 0 radical (unpaired) electrons. The average Bonchev–Trinajstić information content (AvgIpc) is 3.43. The van der Waals surface area contributed by atoms with Crippen molar-refractivity contribution in [1.82, 2.24) is 19.8 Å². The molecule has 3 aliphatic rings. The van der Waals surface area contributed by atoms with Crippen molar-refractivity contribution in [1.29, 1.82) is 0 Å². The van der Waals surface area contributed by atoms with E-state index in [0.717, 1.165) is 97.6 Å². The van der Waals surface area contributed by atoms with Gasteiger partial charge in [-0.3, -0.25) is 4.79 Å². The third-order valence-electron chi connectivity index (χ3n) is 7.43. The van der Waals surface area contributed by atoms with E-state index in [9.17, 15) is 4.79 Å². The lowest BCUT2D eigenvalue weighted by atomic mass is 10.1. The van der Waals surface area contributed by atoms with Crippen molar-refractivity contribution in [3.8, 4) is 0 Å². The zero-order chi connectivity index (χ0) is 26.1. The van der Waals surface area contributed by atoms with Crippen LogP contribution in [0.15, 0.2) is 53.4 Å². The number of amides is 1. The number of thioether (sulfide) groups is 1. The molecule has 2 saturated heterocycles. The minimum Gasteiger partial charge on any atom is -0.368 e. The maximum atomic E-state index is 13.1. The number of halogens is 1.